The summed E-state index contributed by atoms with van der Waals surface area (Å²) in [5.41, 5.74) is 5.33. The smallest absolute Gasteiger partial charge is 0.439 e. The number of H-pyrrole nitrogens is 1. The maximum Gasteiger partial charge on any atom is 0.439 e. The molecule has 1 aliphatic heterocycles. The van der Waals surface area contributed by atoms with Crippen LogP contribution in [0.5, 0.6) is 11.5 Å². The summed E-state index contributed by atoms with van der Waals surface area (Å²) >= 11 is 0. The first-order chi connectivity index (χ1) is 19.8. The lowest BCUT2D eigenvalue weighted by Crippen LogP contribution is -2.07. The van der Waals surface area contributed by atoms with Gasteiger partial charge in [-0.2, -0.15) is 8.78 Å². The van der Waals surface area contributed by atoms with Crippen molar-refractivity contribution >= 4 is 22.2 Å². The van der Waals surface area contributed by atoms with E-state index in [0.717, 1.165) is 16.7 Å². The Labute approximate surface area is 230 Å². The first-order valence-corrected chi connectivity index (χ1v) is 12.6. The van der Waals surface area contributed by atoms with E-state index in [0.29, 0.717) is 45.9 Å². The van der Waals surface area contributed by atoms with Crippen molar-refractivity contribution in [1.82, 2.24) is 19.7 Å². The highest BCUT2D eigenvalue weighted by Crippen LogP contribution is 2.41. The first-order valence-electron chi connectivity index (χ1n) is 12.6. The number of fused-ring (bicyclic) bond motifs is 3. The van der Waals surface area contributed by atoms with Crippen LogP contribution in [0.2, 0.25) is 0 Å². The number of nitrogens with one attached hydrogen (secondary N) is 1. The standard InChI is InChI=1S/C29H23F3N4O5/c1-15(27-34-29(37)41-35-27)25-19-8-6-16(10-17(19)13-39-23-11-18(30)7-9-20(23)25)12-36-21-4-3-5-22(40-28(31)32)26(21)33-24(36)14-38-2/h3-11,28H,12-14H2,1-2H3,(H,34,35,37)/b25-15+. The maximum atomic E-state index is 14.2. The molecule has 0 bridgehead atoms. The van der Waals surface area contributed by atoms with Crippen molar-refractivity contribution in [3.63, 3.8) is 0 Å². The second-order valence-corrected chi connectivity index (χ2v) is 9.41. The third kappa shape index (κ3) is 4.97. The molecule has 0 unspecified atom stereocenters. The minimum atomic E-state index is -2.99. The lowest BCUT2D eigenvalue weighted by Gasteiger charge is -2.15. The molecular weight excluding hydrogens is 541 g/mol. The molecule has 0 amide bonds. The van der Waals surface area contributed by atoms with E-state index in [4.69, 9.17) is 18.7 Å². The number of imidazole rings is 1. The number of nitrogens with zero attached hydrogens (tertiary/aromatic N) is 3. The first kappa shape index (κ1) is 26.4. The molecule has 0 aliphatic carbocycles. The van der Waals surface area contributed by atoms with E-state index in [1.54, 1.807) is 25.1 Å². The fourth-order valence-electron chi connectivity index (χ4n) is 5.10. The normalized spacial score (nSPS) is 14.0. The predicted octanol–water partition coefficient (Wildman–Crippen LogP) is 5.52. The Balaban J connectivity index is 1.46. The van der Waals surface area contributed by atoms with Crippen LogP contribution in [0.15, 0.2) is 63.9 Å². The van der Waals surface area contributed by atoms with E-state index in [1.165, 1.54) is 25.3 Å². The van der Waals surface area contributed by atoms with Gasteiger partial charge in [-0.15, -0.1) is 0 Å². The molecule has 9 nitrogen and oxygen atoms in total. The van der Waals surface area contributed by atoms with Crippen molar-refractivity contribution in [3.05, 3.63) is 105 Å². The maximum absolute atomic E-state index is 14.2. The van der Waals surface area contributed by atoms with Gasteiger partial charge in [0.2, 0.25) is 0 Å². The van der Waals surface area contributed by atoms with Gasteiger partial charge >= 0.3 is 12.4 Å². The van der Waals surface area contributed by atoms with Crippen molar-refractivity contribution in [1.29, 1.82) is 0 Å². The molecule has 0 saturated carbocycles. The van der Waals surface area contributed by atoms with Gasteiger partial charge in [-0.1, -0.05) is 23.4 Å². The summed E-state index contributed by atoms with van der Waals surface area (Å²) in [5.74, 6) is -0.0414. The molecule has 1 N–H and O–H groups in total. The van der Waals surface area contributed by atoms with Gasteiger partial charge in [-0.25, -0.2) is 14.2 Å². The Morgan fingerprint density at radius 1 is 1.15 bits per heavy atom. The number of benzene rings is 3. The monoisotopic (exact) mass is 564 g/mol. The van der Waals surface area contributed by atoms with Gasteiger partial charge in [-0.3, -0.25) is 9.51 Å². The molecule has 3 heterocycles. The second kappa shape index (κ2) is 10.6. The van der Waals surface area contributed by atoms with E-state index in [2.05, 4.69) is 15.1 Å². The zero-order valence-electron chi connectivity index (χ0n) is 21.9. The fourth-order valence-corrected chi connectivity index (χ4v) is 5.10. The molecule has 210 valence electrons. The summed E-state index contributed by atoms with van der Waals surface area (Å²) in [5, 5.41) is 3.84. The van der Waals surface area contributed by atoms with E-state index in [-0.39, 0.29) is 24.8 Å². The van der Waals surface area contributed by atoms with Crippen LogP contribution in [-0.4, -0.2) is 33.4 Å². The van der Waals surface area contributed by atoms with Gasteiger partial charge in [0.15, 0.2) is 11.6 Å². The zero-order valence-corrected chi connectivity index (χ0v) is 21.9. The number of rotatable bonds is 7. The summed E-state index contributed by atoms with van der Waals surface area (Å²) in [6.07, 6.45) is 0. The van der Waals surface area contributed by atoms with Crippen LogP contribution >= 0.6 is 0 Å². The minimum absolute atomic E-state index is 0.0231. The quantitative estimate of drug-likeness (QED) is 0.278. The number of allylic oxidation sites excluding steroid dienone is 1. The number of alkyl halides is 2. The SMILES string of the molecule is COCc1nc2c(OC(F)F)cccc2n1Cc1ccc2c(c1)COc1cc(F)ccc1/C2=C(\C)c1noc(=O)[nH]1. The molecule has 0 atom stereocenters. The Morgan fingerprint density at radius 2 is 1.98 bits per heavy atom. The van der Waals surface area contributed by atoms with Gasteiger partial charge in [0.25, 0.3) is 0 Å². The third-order valence-corrected chi connectivity index (χ3v) is 6.86. The number of methoxy groups -OCH3 is 1. The van der Waals surface area contributed by atoms with Gasteiger partial charge in [0, 0.05) is 30.9 Å². The van der Waals surface area contributed by atoms with Crippen LogP contribution in [0.25, 0.3) is 22.2 Å². The van der Waals surface area contributed by atoms with Crippen LogP contribution < -0.4 is 15.2 Å². The molecule has 2 aromatic heterocycles. The van der Waals surface area contributed by atoms with E-state index < -0.39 is 18.2 Å². The van der Waals surface area contributed by atoms with Gasteiger partial charge in [-0.05, 0) is 59.5 Å². The molecule has 5 aromatic rings. The van der Waals surface area contributed by atoms with Crippen molar-refractivity contribution in [2.45, 2.75) is 33.3 Å². The second-order valence-electron chi connectivity index (χ2n) is 9.41. The number of para-hydroxylation sites is 1. The van der Waals surface area contributed by atoms with Crippen molar-refractivity contribution in [2.75, 3.05) is 7.11 Å². The van der Waals surface area contributed by atoms with Crippen LogP contribution in [-0.2, 0) is 24.5 Å². The molecule has 0 radical (unpaired) electrons. The van der Waals surface area contributed by atoms with Crippen molar-refractivity contribution < 1.29 is 31.9 Å². The molecule has 3 aromatic carbocycles. The summed E-state index contributed by atoms with van der Waals surface area (Å²) < 4.78 is 62.9. The third-order valence-electron chi connectivity index (χ3n) is 6.86. The molecule has 0 fully saturated rings. The molecular formula is C29H23F3N4O5. The fraction of sp³-hybridized carbons (Fsp3) is 0.207. The van der Waals surface area contributed by atoms with Gasteiger partial charge < -0.3 is 18.8 Å². The minimum Gasteiger partial charge on any atom is -0.488 e. The van der Waals surface area contributed by atoms with Crippen molar-refractivity contribution in [3.8, 4) is 11.5 Å². The highest BCUT2D eigenvalue weighted by Gasteiger charge is 2.24. The van der Waals surface area contributed by atoms with Crippen LogP contribution in [0.3, 0.4) is 0 Å². The average molecular weight is 565 g/mol. The average Bonchev–Trinajstić information content (AvgIpc) is 3.48. The number of halogens is 3. The molecule has 1 aliphatic rings. The Morgan fingerprint density at radius 3 is 2.73 bits per heavy atom. The number of aromatic amines is 1. The van der Waals surface area contributed by atoms with Crippen LogP contribution in [0.4, 0.5) is 13.2 Å². The van der Waals surface area contributed by atoms with Gasteiger partial charge in [0.05, 0.1) is 5.52 Å². The highest BCUT2D eigenvalue weighted by atomic mass is 19.3. The number of hydrogen-bond acceptors (Lipinski definition) is 7. The predicted molar refractivity (Wildman–Crippen MR) is 142 cm³/mol. The van der Waals surface area contributed by atoms with E-state index >= 15 is 0 Å². The molecule has 0 saturated heterocycles. The molecule has 6 rings (SSSR count). The summed E-state index contributed by atoms with van der Waals surface area (Å²) in [6.45, 7) is -0.559. The van der Waals surface area contributed by atoms with Gasteiger partial charge in [0.1, 0.15) is 36.1 Å². The Hall–Kier alpha value is -4.84. The number of aromatic nitrogens is 4. The molecule has 0 spiro atoms. The topological polar surface area (TPSA) is 104 Å². The lowest BCUT2D eigenvalue weighted by molar-refractivity contribution is -0.0489. The van der Waals surface area contributed by atoms with E-state index in [1.807, 2.05) is 22.8 Å². The number of ether oxygens (including phenoxy) is 3. The zero-order chi connectivity index (χ0) is 28.7. The molecule has 12 heteroatoms. The highest BCUT2D eigenvalue weighted by molar-refractivity contribution is 5.99. The summed E-state index contributed by atoms with van der Waals surface area (Å²) in [7, 11) is 1.53. The summed E-state index contributed by atoms with van der Waals surface area (Å²) in [4.78, 5) is 18.8. The van der Waals surface area contributed by atoms with Crippen molar-refractivity contribution in [2.24, 2.45) is 0 Å². The Kier molecular flexibility index (Phi) is 6.83. The summed E-state index contributed by atoms with van der Waals surface area (Å²) in [6, 6.07) is 14.9. The van der Waals surface area contributed by atoms with Crippen LogP contribution in [0, 0.1) is 5.82 Å². The van der Waals surface area contributed by atoms with Crippen LogP contribution in [0.1, 0.15) is 40.8 Å². The molecule has 41 heavy (non-hydrogen) atoms. The van der Waals surface area contributed by atoms with E-state index in [9.17, 15) is 18.0 Å². The Bertz CT molecular complexity index is 1860. The number of hydrogen-bond donors (Lipinski definition) is 1. The lowest BCUT2D eigenvalue weighted by atomic mass is 9.89. The largest absolute Gasteiger partial charge is 0.488 e.